The normalized spacial score (nSPS) is 20.8. The predicted molar refractivity (Wildman–Crippen MR) is 539 cm³/mol. The Morgan fingerprint density at radius 1 is 0.410 bits per heavy atom. The van der Waals surface area contributed by atoms with Gasteiger partial charge in [-0.05, 0) is 274 Å². The number of ether oxygens (including phenoxy) is 6. The van der Waals surface area contributed by atoms with Crippen molar-refractivity contribution in [2.75, 3.05) is 39.4 Å². The van der Waals surface area contributed by atoms with E-state index in [4.69, 9.17) is 43.6 Å². The summed E-state index contributed by atoms with van der Waals surface area (Å²) in [5.41, 5.74) is 3.88. The third-order valence-electron chi connectivity index (χ3n) is 26.3. The molecular weight excluding hydrogens is 1680 g/mol. The number of imidazole rings is 2. The molecule has 3 heterocycles. The number of aromatic nitrogens is 4. The number of aliphatic hydroxyl groups excluding tert-OH is 2. The number of carbonyl (C=O) groups excluding carboxylic acids is 6. The maximum Gasteiger partial charge on any atom is 0.420 e. The number of likely N-dealkylation sites (tertiary alicyclic amines) is 1. The van der Waals surface area contributed by atoms with E-state index in [2.05, 4.69) is 36.0 Å². The second-order valence-corrected chi connectivity index (χ2v) is 44.5. The molecule has 3 N–H and O–H groups in total. The predicted octanol–water partition coefficient (Wildman–Crippen LogP) is 28.1. The topological polar surface area (TPSA) is 256 Å². The standard InChI is InChI=1S/C26H24N2O2.C26H53NO2.C25H39NO2.C18H18N2O2.C10H19NO3.C7H15NO3/c1-26(2,3)30-25(29)28-23(20-15-9-5-10-16-20)22(19-13-7-4-8-14-19)27-24(28)21-17-11-6-12-18-21;1-6-9-11-13-15-17-19-21-23-27(25(28)29-26(4,5)8-3)24-22-20-18-16-14-12-10-7-2;1-23(2,3)28-22(27)26(24-10-16-4-17(11-24)6-18(5-16)12-24)25-13-19-7-20(14-25)9-21(8-19)15-25;1-18(2,3)22-17(21)20-15-12-8-7-11-14(15)19-16(20)13-9-5-4-6-10-13;1-10(2,3)14-9(13)11-6-4-5-8(11)7-12;1-7(2,3)11-6(10)8-4-5-9/h4-18H,1-3H3;6-24H2,1-5H3;16-21H,4-15H2,1-3H3;4-12H,1-3H3;8,12H,4-7H2,1-3H3;9H,4-5H2,1-3H3,(H,8,10). The minimum atomic E-state index is -0.629. The number of nitrogens with zero attached hydrogens (tertiary/aromatic N) is 7. The summed E-state index contributed by atoms with van der Waals surface area (Å²) in [5.74, 6) is 6.35. The van der Waals surface area contributed by atoms with Crippen molar-refractivity contribution in [1.29, 1.82) is 0 Å². The van der Waals surface area contributed by atoms with Gasteiger partial charge in [0.25, 0.3) is 0 Å². The molecular formula is C112H168N8O14. The highest BCUT2D eigenvalue weighted by atomic mass is 16.6. The Labute approximate surface area is 803 Å². The molecule has 1 unspecified atom stereocenters. The van der Waals surface area contributed by atoms with Gasteiger partial charge in [0, 0.05) is 59.5 Å². The number of nitrogens with one attached hydrogen (secondary N) is 1. The minimum absolute atomic E-state index is 0.0270. The molecule has 16 rings (SSSR count). The molecule has 8 aliphatic carbocycles. The van der Waals surface area contributed by atoms with Gasteiger partial charge in [0.15, 0.2) is 11.6 Å². The van der Waals surface area contributed by atoms with Gasteiger partial charge in [-0.25, -0.2) is 47.9 Å². The van der Waals surface area contributed by atoms with Crippen molar-refractivity contribution >= 4 is 47.6 Å². The largest absolute Gasteiger partial charge is 0.444 e. The van der Waals surface area contributed by atoms with Gasteiger partial charge in [-0.2, -0.15) is 0 Å². The number of aliphatic hydroxyl groups is 2. The van der Waals surface area contributed by atoms with Crippen LogP contribution in [-0.4, -0.2) is 171 Å². The van der Waals surface area contributed by atoms with Gasteiger partial charge in [-0.1, -0.05) is 244 Å². The molecule has 0 radical (unpaired) electrons. The van der Waals surface area contributed by atoms with E-state index in [0.717, 1.165) is 125 Å². The van der Waals surface area contributed by atoms with E-state index in [1.165, 1.54) is 172 Å². The average molecular weight is 1850 g/mol. The Balaban J connectivity index is 0.000000186. The van der Waals surface area contributed by atoms with Crippen molar-refractivity contribution in [2.45, 2.75) is 388 Å². The van der Waals surface area contributed by atoms with E-state index in [-0.39, 0.29) is 60.8 Å². The lowest BCUT2D eigenvalue weighted by Crippen LogP contribution is -2.72. The van der Waals surface area contributed by atoms with Crippen molar-refractivity contribution < 1.29 is 67.4 Å². The number of rotatable bonds is 29. The number of para-hydroxylation sites is 2. The third kappa shape index (κ3) is 33.6. The van der Waals surface area contributed by atoms with Crippen molar-refractivity contribution in [3.63, 3.8) is 0 Å². The zero-order valence-corrected chi connectivity index (χ0v) is 85.5. The molecule has 4 amide bonds. The fourth-order valence-electron chi connectivity index (χ4n) is 21.1. The molecule has 1 atom stereocenters. The van der Waals surface area contributed by atoms with Crippen LogP contribution in [0.2, 0.25) is 0 Å². The fourth-order valence-corrected chi connectivity index (χ4v) is 21.1. The van der Waals surface area contributed by atoms with Crippen LogP contribution in [0.5, 0.6) is 0 Å². The van der Waals surface area contributed by atoms with Gasteiger partial charge in [-0.15, -0.1) is 0 Å². The first kappa shape index (κ1) is 108. The molecule has 0 spiro atoms. The van der Waals surface area contributed by atoms with Crippen LogP contribution in [0.4, 0.5) is 28.8 Å². The molecule has 22 nitrogen and oxygen atoms in total. The molecule has 2 aromatic heterocycles. The zero-order valence-electron chi connectivity index (χ0n) is 85.5. The lowest BCUT2D eigenvalue weighted by atomic mass is 9.48. The van der Waals surface area contributed by atoms with Crippen molar-refractivity contribution in [1.82, 2.24) is 39.1 Å². The summed E-state index contributed by atoms with van der Waals surface area (Å²) in [5, 5.41) is 19.8. The van der Waals surface area contributed by atoms with Crippen LogP contribution in [0.25, 0.3) is 56.3 Å². The highest BCUT2D eigenvalue weighted by Gasteiger charge is 2.64. The zero-order chi connectivity index (χ0) is 97.7. The second-order valence-electron chi connectivity index (χ2n) is 44.5. The van der Waals surface area contributed by atoms with E-state index >= 15 is 0 Å². The summed E-state index contributed by atoms with van der Waals surface area (Å²) in [6.45, 7) is 41.4. The first-order valence-electron chi connectivity index (χ1n) is 51.0. The monoisotopic (exact) mass is 1850 g/mol. The van der Waals surface area contributed by atoms with Crippen LogP contribution in [0, 0.1) is 35.5 Å². The summed E-state index contributed by atoms with van der Waals surface area (Å²) >= 11 is 0. The number of alkyl carbamates (subject to hydrolysis) is 1. The number of benzene rings is 5. The molecule has 9 fully saturated rings. The molecule has 5 aromatic carbocycles. The van der Waals surface area contributed by atoms with Gasteiger partial charge in [0.05, 0.1) is 41.7 Å². The van der Waals surface area contributed by atoms with Gasteiger partial charge in [0.1, 0.15) is 33.6 Å². The number of hydrogen-bond acceptors (Lipinski definition) is 16. The van der Waals surface area contributed by atoms with Gasteiger partial charge >= 0.3 is 36.6 Å². The Kier molecular flexibility index (Phi) is 40.6. The van der Waals surface area contributed by atoms with E-state index in [1.54, 1.807) is 30.2 Å². The quantitative estimate of drug-likeness (QED) is 0.0291. The van der Waals surface area contributed by atoms with Crippen LogP contribution < -0.4 is 5.32 Å². The first-order chi connectivity index (χ1) is 63.5. The minimum Gasteiger partial charge on any atom is -0.444 e. The van der Waals surface area contributed by atoms with Crippen LogP contribution in [0.15, 0.2) is 146 Å². The van der Waals surface area contributed by atoms with Crippen LogP contribution in [0.3, 0.4) is 0 Å². The molecule has 9 aliphatic rings. The van der Waals surface area contributed by atoms with Gasteiger partial charge < -0.3 is 53.8 Å². The van der Waals surface area contributed by atoms with E-state index < -0.39 is 46.3 Å². The van der Waals surface area contributed by atoms with Crippen molar-refractivity contribution in [3.8, 4) is 45.3 Å². The van der Waals surface area contributed by atoms with Crippen molar-refractivity contribution in [3.05, 3.63) is 146 Å². The Hall–Kier alpha value is -9.28. The third-order valence-corrected chi connectivity index (χ3v) is 26.3. The molecule has 8 bridgehead atoms. The Morgan fingerprint density at radius 3 is 1.17 bits per heavy atom. The Bertz CT molecular complexity index is 4610. The van der Waals surface area contributed by atoms with Gasteiger partial charge in [0.2, 0.25) is 0 Å². The summed E-state index contributed by atoms with van der Waals surface area (Å²) < 4.78 is 36.5. The van der Waals surface area contributed by atoms with Crippen molar-refractivity contribution in [2.24, 2.45) is 35.5 Å². The summed E-state index contributed by atoms with van der Waals surface area (Å²) in [4.78, 5) is 90.6. The van der Waals surface area contributed by atoms with Crippen LogP contribution >= 0.6 is 0 Å². The highest BCUT2D eigenvalue weighted by molar-refractivity contribution is 5.93. The summed E-state index contributed by atoms with van der Waals surface area (Å²) in [7, 11) is 0. The highest BCUT2D eigenvalue weighted by Crippen LogP contribution is 2.65. The number of carbonyl (C=O) groups is 6. The smallest absolute Gasteiger partial charge is 0.420 e. The molecule has 134 heavy (non-hydrogen) atoms. The number of amides is 4. The molecule has 7 aromatic rings. The molecule has 1 saturated heterocycles. The van der Waals surface area contributed by atoms with E-state index in [0.29, 0.717) is 18.2 Å². The van der Waals surface area contributed by atoms with Gasteiger partial charge in [-0.3, -0.25) is 4.90 Å². The second kappa shape index (κ2) is 50.2. The number of hydrogen-bond donors (Lipinski definition) is 3. The fraction of sp³-hybridized carbons (Fsp3) is 0.643. The summed E-state index contributed by atoms with van der Waals surface area (Å²) in [6, 6.07) is 46.6. The molecule has 1 aliphatic heterocycles. The maximum absolute atomic E-state index is 13.9. The first-order valence-corrected chi connectivity index (χ1v) is 51.0. The molecule has 8 saturated carbocycles. The van der Waals surface area contributed by atoms with Crippen LogP contribution in [-0.2, 0) is 28.4 Å². The lowest BCUT2D eigenvalue weighted by molar-refractivity contribution is -0.168. The average Bonchev–Trinajstić information content (AvgIpc) is 0.712. The Morgan fingerprint density at radius 2 is 0.776 bits per heavy atom. The molecule has 740 valence electrons. The van der Waals surface area contributed by atoms with Crippen LogP contribution in [0.1, 0.15) is 338 Å². The van der Waals surface area contributed by atoms with E-state index in [1.807, 2.05) is 247 Å². The lowest BCUT2D eigenvalue weighted by Gasteiger charge is -2.68. The molecule has 22 heteroatoms. The maximum atomic E-state index is 13.9. The SMILES string of the molecule is CC(C)(C)OC(=O)N(C12CC3CC(CC(C3)C1)C2)C12CC3CC(CC(C3)C1)C2.CC(C)(C)OC(=O)N1CCCC1CO.CC(C)(C)OC(=O)NCCO.CC(C)(C)OC(=O)n1c(-c2ccccc2)nc(-c2ccccc2)c1-c1ccccc1.CC(C)(C)OC(=O)n1c(-c2ccccc2)nc2ccccc21.CCCCCCCCCCN(CCCCCCCCCC)C(=O)OC(C)(C)CC. The number of unbranched alkanes of at least 4 members (excludes halogenated alkanes) is 14. The number of fused-ring (bicyclic) bond motifs is 1. The van der Waals surface area contributed by atoms with E-state index in [9.17, 15) is 28.8 Å². The summed E-state index contributed by atoms with van der Waals surface area (Å²) in [6.07, 6.45) is 37.9.